The molecule has 0 saturated heterocycles. The van der Waals surface area contributed by atoms with Gasteiger partial charge in [-0.3, -0.25) is 4.79 Å². The van der Waals surface area contributed by atoms with E-state index in [0.717, 1.165) is 34.1 Å². The maximum absolute atomic E-state index is 12.4. The monoisotopic (exact) mass is 380 g/mol. The van der Waals surface area contributed by atoms with Crippen LogP contribution in [0.15, 0.2) is 46.3 Å². The number of thioether (sulfide) groups is 1. The van der Waals surface area contributed by atoms with Crippen LogP contribution in [0.1, 0.15) is 32.1 Å². The molecule has 2 fully saturated rings. The number of pyridine rings is 1. The van der Waals surface area contributed by atoms with Crippen LogP contribution in [0.25, 0.3) is 22.0 Å². The Bertz CT molecular complexity index is 1040. The molecule has 1 N–H and O–H groups in total. The van der Waals surface area contributed by atoms with Gasteiger partial charge in [0.15, 0.2) is 0 Å². The summed E-state index contributed by atoms with van der Waals surface area (Å²) in [5.74, 6) is 1.62. The second-order valence-electron chi connectivity index (χ2n) is 7.81. The molecule has 140 valence electrons. The van der Waals surface area contributed by atoms with Gasteiger partial charge in [0.2, 0.25) is 0 Å². The van der Waals surface area contributed by atoms with Crippen molar-refractivity contribution in [2.75, 3.05) is 6.61 Å². The first kappa shape index (κ1) is 17.0. The first-order chi connectivity index (χ1) is 13.2. The number of nitrogens with zero attached hydrogens (tertiary/aromatic N) is 1. The van der Waals surface area contributed by atoms with Crippen LogP contribution in [0.3, 0.4) is 0 Å². The highest BCUT2D eigenvalue weighted by atomic mass is 32.2. The lowest BCUT2D eigenvalue weighted by molar-refractivity contribution is 0.301. The van der Waals surface area contributed by atoms with Gasteiger partial charge in [0, 0.05) is 46.1 Å². The summed E-state index contributed by atoms with van der Waals surface area (Å²) in [6, 6.07) is 8.53. The van der Waals surface area contributed by atoms with Crippen LogP contribution in [-0.2, 0) is 7.05 Å². The average molecular weight is 381 g/mol. The highest BCUT2D eigenvalue weighted by molar-refractivity contribution is 8.00. The van der Waals surface area contributed by atoms with Crippen LogP contribution in [-0.4, -0.2) is 21.4 Å². The third kappa shape index (κ3) is 3.29. The van der Waals surface area contributed by atoms with Crippen molar-refractivity contribution in [3.63, 3.8) is 0 Å². The summed E-state index contributed by atoms with van der Waals surface area (Å²) >= 11 is 1.97. The number of benzene rings is 1. The number of ether oxygens (including phenoxy) is 1. The Labute approximate surface area is 162 Å². The van der Waals surface area contributed by atoms with E-state index in [1.165, 1.54) is 37.0 Å². The van der Waals surface area contributed by atoms with Crippen molar-refractivity contribution in [2.24, 2.45) is 13.0 Å². The van der Waals surface area contributed by atoms with E-state index >= 15 is 0 Å². The molecule has 2 heterocycles. The van der Waals surface area contributed by atoms with Gasteiger partial charge in [0.05, 0.1) is 6.61 Å². The van der Waals surface area contributed by atoms with Crippen LogP contribution >= 0.6 is 11.8 Å². The molecule has 0 unspecified atom stereocenters. The van der Waals surface area contributed by atoms with Crippen molar-refractivity contribution in [2.45, 2.75) is 42.2 Å². The SMILES string of the molecule is Cn1cc(-c2cc(SC3CCC3)ccc2OCC2CC2)c2cc[nH]c2c1=O. The van der Waals surface area contributed by atoms with Gasteiger partial charge in [-0.15, -0.1) is 11.8 Å². The van der Waals surface area contributed by atoms with E-state index < -0.39 is 0 Å². The topological polar surface area (TPSA) is 47.0 Å². The van der Waals surface area contributed by atoms with E-state index in [1.54, 1.807) is 4.57 Å². The smallest absolute Gasteiger partial charge is 0.274 e. The van der Waals surface area contributed by atoms with E-state index in [0.29, 0.717) is 11.4 Å². The van der Waals surface area contributed by atoms with E-state index in [4.69, 9.17) is 4.74 Å². The minimum atomic E-state index is -0.000744. The summed E-state index contributed by atoms with van der Waals surface area (Å²) in [6.07, 6.45) is 10.3. The average Bonchev–Trinajstić information content (AvgIpc) is 3.34. The molecule has 5 heteroatoms. The van der Waals surface area contributed by atoms with Crippen LogP contribution in [0.5, 0.6) is 5.75 Å². The summed E-state index contributed by atoms with van der Waals surface area (Å²) in [4.78, 5) is 16.8. The molecule has 0 bridgehead atoms. The maximum Gasteiger partial charge on any atom is 0.274 e. The summed E-state index contributed by atoms with van der Waals surface area (Å²) in [5.41, 5.74) is 2.79. The van der Waals surface area contributed by atoms with Gasteiger partial charge in [0.25, 0.3) is 5.56 Å². The van der Waals surface area contributed by atoms with Crippen LogP contribution in [0, 0.1) is 5.92 Å². The van der Waals surface area contributed by atoms with Crippen molar-refractivity contribution >= 4 is 22.7 Å². The van der Waals surface area contributed by atoms with Crippen molar-refractivity contribution < 1.29 is 4.74 Å². The molecule has 27 heavy (non-hydrogen) atoms. The molecule has 2 aromatic heterocycles. The van der Waals surface area contributed by atoms with Crippen molar-refractivity contribution in [1.29, 1.82) is 0 Å². The van der Waals surface area contributed by atoms with Gasteiger partial charge in [0.1, 0.15) is 11.3 Å². The number of nitrogens with one attached hydrogen (secondary N) is 1. The molecule has 0 atom stereocenters. The lowest BCUT2D eigenvalue weighted by atomic mass is 10.00. The Morgan fingerprint density at radius 3 is 2.78 bits per heavy atom. The quantitative estimate of drug-likeness (QED) is 0.657. The third-order valence-corrected chi connectivity index (χ3v) is 6.99. The normalized spacial score (nSPS) is 17.2. The first-order valence-corrected chi connectivity index (χ1v) is 10.7. The molecule has 0 amide bonds. The summed E-state index contributed by atoms with van der Waals surface area (Å²) in [6.45, 7) is 0.782. The maximum atomic E-state index is 12.4. The molecule has 2 aliphatic rings. The number of rotatable bonds is 6. The lowest BCUT2D eigenvalue weighted by Crippen LogP contribution is -2.16. The minimum absolute atomic E-state index is 0.000744. The fraction of sp³-hybridized carbons (Fsp3) is 0.409. The summed E-state index contributed by atoms with van der Waals surface area (Å²) in [5, 5.41) is 1.70. The van der Waals surface area contributed by atoms with Gasteiger partial charge in [-0.2, -0.15) is 0 Å². The Morgan fingerprint density at radius 1 is 1.19 bits per heavy atom. The largest absolute Gasteiger partial charge is 0.493 e. The molecular weight excluding hydrogens is 356 g/mol. The third-order valence-electron chi connectivity index (χ3n) is 5.66. The molecular formula is C22H24N2O2S. The molecule has 1 aromatic carbocycles. The predicted molar refractivity (Wildman–Crippen MR) is 111 cm³/mol. The van der Waals surface area contributed by atoms with Crippen LogP contribution < -0.4 is 10.3 Å². The van der Waals surface area contributed by atoms with Gasteiger partial charge in [-0.05, 0) is 55.9 Å². The van der Waals surface area contributed by atoms with Crippen molar-refractivity contribution in [3.8, 4) is 16.9 Å². The number of hydrogen-bond donors (Lipinski definition) is 1. The highest BCUT2D eigenvalue weighted by Crippen LogP contribution is 2.42. The zero-order chi connectivity index (χ0) is 18.4. The van der Waals surface area contributed by atoms with Gasteiger partial charge < -0.3 is 14.3 Å². The second kappa shape index (κ2) is 6.79. The Balaban J connectivity index is 1.61. The Hall–Kier alpha value is -2.14. The van der Waals surface area contributed by atoms with Gasteiger partial charge >= 0.3 is 0 Å². The molecule has 4 nitrogen and oxygen atoms in total. The standard InChI is InChI=1S/C22H24N2O2S/c1-24-12-19(17-9-10-23-21(17)22(24)25)18-11-16(27-15-3-2-4-15)7-8-20(18)26-13-14-5-6-14/h7-12,14-15,23H,2-6,13H2,1H3. The number of aromatic nitrogens is 2. The van der Waals surface area contributed by atoms with Gasteiger partial charge in [-0.25, -0.2) is 0 Å². The lowest BCUT2D eigenvalue weighted by Gasteiger charge is -2.25. The van der Waals surface area contributed by atoms with Crippen molar-refractivity contribution in [3.05, 3.63) is 47.0 Å². The predicted octanol–water partition coefficient (Wildman–Crippen LogP) is 4.97. The van der Waals surface area contributed by atoms with Gasteiger partial charge in [-0.1, -0.05) is 6.42 Å². The molecule has 2 aliphatic carbocycles. The van der Waals surface area contributed by atoms with Crippen molar-refractivity contribution in [1.82, 2.24) is 9.55 Å². The summed E-state index contributed by atoms with van der Waals surface area (Å²) < 4.78 is 7.86. The number of hydrogen-bond acceptors (Lipinski definition) is 3. The van der Waals surface area contributed by atoms with Crippen LogP contribution in [0.2, 0.25) is 0 Å². The van der Waals surface area contributed by atoms with E-state index in [9.17, 15) is 4.79 Å². The number of H-pyrrole nitrogens is 1. The van der Waals surface area contributed by atoms with E-state index in [1.807, 2.05) is 37.3 Å². The molecule has 2 saturated carbocycles. The Kier molecular flexibility index (Phi) is 4.27. The number of fused-ring (bicyclic) bond motifs is 1. The van der Waals surface area contributed by atoms with Crippen LogP contribution in [0.4, 0.5) is 0 Å². The highest BCUT2D eigenvalue weighted by Gasteiger charge is 2.24. The fourth-order valence-electron chi connectivity index (χ4n) is 3.58. The molecule has 0 radical (unpaired) electrons. The first-order valence-electron chi connectivity index (χ1n) is 9.79. The molecule has 0 spiro atoms. The molecule has 5 rings (SSSR count). The molecule has 3 aromatic rings. The van der Waals surface area contributed by atoms with E-state index in [-0.39, 0.29) is 5.56 Å². The minimum Gasteiger partial charge on any atom is -0.493 e. The zero-order valence-electron chi connectivity index (χ0n) is 15.5. The second-order valence-corrected chi connectivity index (χ2v) is 9.18. The van der Waals surface area contributed by atoms with E-state index in [2.05, 4.69) is 23.2 Å². The summed E-state index contributed by atoms with van der Waals surface area (Å²) in [7, 11) is 1.81. The zero-order valence-corrected chi connectivity index (χ0v) is 16.3. The molecule has 0 aliphatic heterocycles. The Morgan fingerprint density at radius 2 is 2.04 bits per heavy atom. The fourth-order valence-corrected chi connectivity index (χ4v) is 4.86. The number of aromatic amines is 1. The number of aryl methyl sites for hydroxylation is 1.